The second kappa shape index (κ2) is 6.80. The van der Waals surface area contributed by atoms with Crippen LogP contribution in [0.1, 0.15) is 13.8 Å². The van der Waals surface area contributed by atoms with Gasteiger partial charge in [0, 0.05) is 37.1 Å². The molecule has 1 saturated heterocycles. The van der Waals surface area contributed by atoms with Crippen LogP contribution in [-0.4, -0.2) is 43.4 Å². The first kappa shape index (κ1) is 15.6. The fourth-order valence-corrected chi connectivity index (χ4v) is 2.67. The van der Waals surface area contributed by atoms with Crippen LogP contribution >= 0.6 is 11.6 Å². The molecule has 0 aromatic heterocycles. The molecule has 0 atom stereocenters. The molecule has 0 saturated carbocycles. The molecule has 6 heteroatoms. The fraction of sp³-hybridized carbons (Fsp3) is 0.467. The monoisotopic (exact) mass is 309 g/mol. The highest BCUT2D eigenvalue weighted by Gasteiger charge is 2.24. The molecule has 2 rings (SSSR count). The molecule has 0 spiro atoms. The van der Waals surface area contributed by atoms with Crippen molar-refractivity contribution >= 4 is 35.3 Å². The quantitative estimate of drug-likeness (QED) is 0.868. The van der Waals surface area contributed by atoms with E-state index in [1.807, 2.05) is 24.8 Å². The lowest BCUT2D eigenvalue weighted by Gasteiger charge is -2.37. The van der Waals surface area contributed by atoms with Gasteiger partial charge >= 0.3 is 0 Å². The summed E-state index contributed by atoms with van der Waals surface area (Å²) in [5, 5.41) is 3.26. The van der Waals surface area contributed by atoms with Crippen LogP contribution in [0.4, 0.5) is 11.4 Å². The molecular formula is C15H20ClN3O2. The third kappa shape index (κ3) is 3.67. The van der Waals surface area contributed by atoms with Crippen LogP contribution in [0.25, 0.3) is 0 Å². The van der Waals surface area contributed by atoms with Crippen molar-refractivity contribution < 1.29 is 9.59 Å². The highest BCUT2D eigenvalue weighted by atomic mass is 35.5. The molecule has 1 aromatic rings. The number of nitrogens with one attached hydrogen (secondary N) is 1. The van der Waals surface area contributed by atoms with Gasteiger partial charge in [0.25, 0.3) is 0 Å². The van der Waals surface area contributed by atoms with Gasteiger partial charge < -0.3 is 15.1 Å². The Labute approximate surface area is 129 Å². The lowest BCUT2D eigenvalue weighted by Crippen LogP contribution is -2.50. The molecule has 1 N–H and O–H groups in total. The topological polar surface area (TPSA) is 52.7 Å². The number of anilines is 2. The highest BCUT2D eigenvalue weighted by Crippen LogP contribution is 2.29. The van der Waals surface area contributed by atoms with Gasteiger partial charge in [0.05, 0.1) is 11.4 Å². The van der Waals surface area contributed by atoms with Gasteiger partial charge in [0.1, 0.15) is 0 Å². The van der Waals surface area contributed by atoms with Crippen LogP contribution in [-0.2, 0) is 9.59 Å². The largest absolute Gasteiger partial charge is 0.366 e. The SMILES string of the molecule is CC(C)C(=O)N1CCN(c2ccc(Cl)cc2NC=O)CC1. The summed E-state index contributed by atoms with van der Waals surface area (Å²) in [5.74, 6) is 0.219. The Balaban J connectivity index is 2.08. The lowest BCUT2D eigenvalue weighted by atomic mass is 10.1. The van der Waals surface area contributed by atoms with Gasteiger partial charge in [-0.25, -0.2) is 0 Å². The maximum Gasteiger partial charge on any atom is 0.225 e. The summed E-state index contributed by atoms with van der Waals surface area (Å²) >= 11 is 5.96. The molecule has 2 amide bonds. The molecule has 1 fully saturated rings. The Morgan fingerprint density at radius 3 is 2.52 bits per heavy atom. The number of piperazine rings is 1. The first-order chi connectivity index (χ1) is 10.0. The van der Waals surface area contributed by atoms with Crippen molar-refractivity contribution in [2.75, 3.05) is 36.4 Å². The first-order valence-electron chi connectivity index (χ1n) is 7.06. The number of halogens is 1. The standard InChI is InChI=1S/C15H20ClN3O2/c1-11(2)15(21)19-7-5-18(6-8-19)14-4-3-12(16)9-13(14)17-10-20/h3-4,9-11H,5-8H2,1-2H3,(H,17,20). The van der Waals surface area contributed by atoms with Crippen molar-refractivity contribution in [2.45, 2.75) is 13.8 Å². The van der Waals surface area contributed by atoms with E-state index in [0.717, 1.165) is 18.8 Å². The van der Waals surface area contributed by atoms with E-state index in [1.165, 1.54) is 0 Å². The van der Waals surface area contributed by atoms with E-state index in [4.69, 9.17) is 11.6 Å². The number of amides is 2. The van der Waals surface area contributed by atoms with Crippen LogP contribution < -0.4 is 10.2 Å². The number of hydrogen-bond acceptors (Lipinski definition) is 3. The minimum atomic E-state index is 0.0272. The molecule has 0 aliphatic carbocycles. The fourth-order valence-electron chi connectivity index (χ4n) is 2.50. The Hall–Kier alpha value is -1.75. The molecule has 5 nitrogen and oxygen atoms in total. The minimum Gasteiger partial charge on any atom is -0.366 e. The van der Waals surface area contributed by atoms with Crippen molar-refractivity contribution in [1.82, 2.24) is 4.90 Å². The van der Waals surface area contributed by atoms with Gasteiger partial charge in [0.2, 0.25) is 12.3 Å². The van der Waals surface area contributed by atoms with E-state index >= 15 is 0 Å². The van der Waals surface area contributed by atoms with E-state index in [1.54, 1.807) is 12.1 Å². The maximum absolute atomic E-state index is 12.0. The molecule has 0 unspecified atom stereocenters. The summed E-state index contributed by atoms with van der Waals surface area (Å²) in [5.41, 5.74) is 1.63. The van der Waals surface area contributed by atoms with Crippen LogP contribution in [0.5, 0.6) is 0 Å². The summed E-state index contributed by atoms with van der Waals surface area (Å²) < 4.78 is 0. The Morgan fingerprint density at radius 2 is 1.95 bits per heavy atom. The van der Waals surface area contributed by atoms with Crippen LogP contribution in [0.2, 0.25) is 5.02 Å². The van der Waals surface area contributed by atoms with E-state index in [2.05, 4.69) is 10.2 Å². The average molecular weight is 310 g/mol. The van der Waals surface area contributed by atoms with Gasteiger partial charge in [-0.15, -0.1) is 0 Å². The molecule has 0 bridgehead atoms. The number of nitrogens with zero attached hydrogens (tertiary/aromatic N) is 2. The number of hydrogen-bond donors (Lipinski definition) is 1. The summed E-state index contributed by atoms with van der Waals surface area (Å²) in [6.45, 7) is 6.71. The maximum atomic E-state index is 12.0. The van der Waals surface area contributed by atoms with Gasteiger partial charge in [-0.1, -0.05) is 25.4 Å². The molecule has 1 heterocycles. The average Bonchev–Trinajstić information content (AvgIpc) is 2.47. The number of benzene rings is 1. The van der Waals surface area contributed by atoms with Crippen LogP contribution in [0.3, 0.4) is 0 Å². The van der Waals surface area contributed by atoms with Gasteiger partial charge in [-0.2, -0.15) is 0 Å². The predicted octanol–water partition coefficient (Wildman–Crippen LogP) is 2.21. The zero-order valence-electron chi connectivity index (χ0n) is 12.3. The van der Waals surface area contributed by atoms with Crippen molar-refractivity contribution in [3.63, 3.8) is 0 Å². The zero-order valence-corrected chi connectivity index (χ0v) is 13.1. The van der Waals surface area contributed by atoms with E-state index in [9.17, 15) is 9.59 Å². The molecule has 1 aliphatic rings. The number of rotatable bonds is 4. The zero-order chi connectivity index (χ0) is 15.4. The molecule has 1 aliphatic heterocycles. The van der Waals surface area contributed by atoms with Crippen molar-refractivity contribution in [2.24, 2.45) is 5.92 Å². The van der Waals surface area contributed by atoms with Gasteiger partial charge in [-0.3, -0.25) is 9.59 Å². The molecule has 1 aromatic carbocycles. The Morgan fingerprint density at radius 1 is 1.29 bits per heavy atom. The third-order valence-corrected chi connectivity index (χ3v) is 3.83. The summed E-state index contributed by atoms with van der Waals surface area (Å²) in [6.07, 6.45) is 0.647. The molecule has 0 radical (unpaired) electrons. The highest BCUT2D eigenvalue weighted by molar-refractivity contribution is 6.31. The normalized spacial score (nSPS) is 15.2. The third-order valence-electron chi connectivity index (χ3n) is 3.60. The smallest absolute Gasteiger partial charge is 0.225 e. The van der Waals surface area contributed by atoms with Gasteiger partial charge in [-0.05, 0) is 18.2 Å². The minimum absolute atomic E-state index is 0.0272. The molecular weight excluding hydrogens is 290 g/mol. The summed E-state index contributed by atoms with van der Waals surface area (Å²) in [4.78, 5) is 26.7. The van der Waals surface area contributed by atoms with Crippen molar-refractivity contribution in [3.8, 4) is 0 Å². The Kier molecular flexibility index (Phi) is 5.07. The summed E-state index contributed by atoms with van der Waals surface area (Å²) in [6, 6.07) is 5.43. The first-order valence-corrected chi connectivity index (χ1v) is 7.44. The van der Waals surface area contributed by atoms with E-state index in [0.29, 0.717) is 30.2 Å². The second-order valence-corrected chi connectivity index (χ2v) is 5.83. The summed E-state index contributed by atoms with van der Waals surface area (Å²) in [7, 11) is 0. The second-order valence-electron chi connectivity index (χ2n) is 5.39. The molecule has 21 heavy (non-hydrogen) atoms. The predicted molar refractivity (Wildman–Crippen MR) is 84.8 cm³/mol. The van der Waals surface area contributed by atoms with Crippen molar-refractivity contribution in [1.29, 1.82) is 0 Å². The number of carbonyl (C=O) groups is 2. The number of carbonyl (C=O) groups excluding carboxylic acids is 2. The van der Waals surface area contributed by atoms with E-state index in [-0.39, 0.29) is 11.8 Å². The molecule has 114 valence electrons. The van der Waals surface area contributed by atoms with Gasteiger partial charge in [0.15, 0.2) is 0 Å². The van der Waals surface area contributed by atoms with Crippen molar-refractivity contribution in [3.05, 3.63) is 23.2 Å². The van der Waals surface area contributed by atoms with Crippen LogP contribution in [0.15, 0.2) is 18.2 Å². The Bertz CT molecular complexity index is 526. The lowest BCUT2D eigenvalue weighted by molar-refractivity contribution is -0.134. The van der Waals surface area contributed by atoms with E-state index < -0.39 is 0 Å². The van der Waals surface area contributed by atoms with Crippen LogP contribution in [0, 0.1) is 5.92 Å².